The third kappa shape index (κ3) is 1.77. The molecule has 1 fully saturated rings. The fourth-order valence-electron chi connectivity index (χ4n) is 2.45. The van der Waals surface area contributed by atoms with Gasteiger partial charge in [-0.3, -0.25) is 0 Å². The standard InChI is InChI=1S/C14H14N2O/c1-10-6-12(8-15)7-13(11(10)2)14(16-9-17)4-3-5-14/h6-7H,3-5H2,1-2H3. The van der Waals surface area contributed by atoms with E-state index in [1.54, 1.807) is 6.08 Å². The monoisotopic (exact) mass is 226 g/mol. The fourth-order valence-corrected chi connectivity index (χ4v) is 2.45. The second-order valence-corrected chi connectivity index (χ2v) is 4.67. The van der Waals surface area contributed by atoms with Crippen LogP contribution in [0.3, 0.4) is 0 Å². The van der Waals surface area contributed by atoms with Crippen LogP contribution in [0.4, 0.5) is 0 Å². The van der Waals surface area contributed by atoms with Gasteiger partial charge in [-0.2, -0.15) is 10.3 Å². The van der Waals surface area contributed by atoms with Crippen LogP contribution < -0.4 is 0 Å². The number of carbonyl (C=O) groups excluding carboxylic acids is 1. The molecule has 3 heteroatoms. The Labute approximate surface area is 101 Å². The van der Waals surface area contributed by atoms with Gasteiger partial charge in [0.25, 0.3) is 0 Å². The molecular formula is C14H14N2O. The van der Waals surface area contributed by atoms with Crippen molar-refractivity contribution in [1.29, 1.82) is 5.26 Å². The van der Waals surface area contributed by atoms with Crippen LogP contribution in [0.15, 0.2) is 17.1 Å². The Morgan fingerprint density at radius 3 is 2.53 bits per heavy atom. The Kier molecular flexibility index (Phi) is 2.83. The van der Waals surface area contributed by atoms with E-state index in [4.69, 9.17) is 5.26 Å². The maximum atomic E-state index is 10.6. The Morgan fingerprint density at radius 1 is 1.35 bits per heavy atom. The second-order valence-electron chi connectivity index (χ2n) is 4.67. The van der Waals surface area contributed by atoms with Crippen LogP contribution in [0.2, 0.25) is 0 Å². The molecule has 0 atom stereocenters. The number of aliphatic imine (C=N–C) groups is 1. The molecule has 0 amide bonds. The quantitative estimate of drug-likeness (QED) is 0.575. The summed E-state index contributed by atoms with van der Waals surface area (Å²) in [5.41, 5.74) is 3.44. The fraction of sp³-hybridized carbons (Fsp3) is 0.429. The molecule has 0 aliphatic heterocycles. The maximum absolute atomic E-state index is 10.6. The Morgan fingerprint density at radius 2 is 2.06 bits per heavy atom. The van der Waals surface area contributed by atoms with Crippen molar-refractivity contribution >= 4 is 6.08 Å². The summed E-state index contributed by atoms with van der Waals surface area (Å²) in [7, 11) is 0. The molecule has 0 radical (unpaired) electrons. The van der Waals surface area contributed by atoms with Crippen LogP contribution in [0.5, 0.6) is 0 Å². The van der Waals surface area contributed by atoms with Crippen molar-refractivity contribution in [2.45, 2.75) is 38.6 Å². The summed E-state index contributed by atoms with van der Waals surface area (Å²) in [5.74, 6) is 0. The van der Waals surface area contributed by atoms with Gasteiger partial charge in [0.2, 0.25) is 6.08 Å². The van der Waals surface area contributed by atoms with Gasteiger partial charge >= 0.3 is 0 Å². The van der Waals surface area contributed by atoms with Gasteiger partial charge in [-0.05, 0) is 61.9 Å². The topological polar surface area (TPSA) is 53.2 Å². The Hall–Kier alpha value is -1.91. The van der Waals surface area contributed by atoms with Crippen molar-refractivity contribution in [2.75, 3.05) is 0 Å². The number of nitrogens with zero attached hydrogens (tertiary/aromatic N) is 2. The summed E-state index contributed by atoms with van der Waals surface area (Å²) in [6.07, 6.45) is 4.50. The number of nitriles is 1. The molecule has 0 aromatic heterocycles. The molecule has 0 spiro atoms. The largest absolute Gasteiger partial charge is 0.235 e. The molecule has 0 unspecified atom stereocenters. The normalized spacial score (nSPS) is 16.5. The number of isocyanates is 1. The molecule has 1 saturated carbocycles. The van der Waals surface area contributed by atoms with Crippen molar-refractivity contribution in [3.8, 4) is 6.07 Å². The van der Waals surface area contributed by atoms with Gasteiger partial charge in [-0.25, -0.2) is 4.79 Å². The molecule has 1 aliphatic carbocycles. The maximum Gasteiger partial charge on any atom is 0.235 e. The lowest BCUT2D eigenvalue weighted by Crippen LogP contribution is -2.33. The van der Waals surface area contributed by atoms with E-state index in [9.17, 15) is 4.79 Å². The minimum Gasteiger partial charge on any atom is -0.211 e. The molecule has 3 nitrogen and oxygen atoms in total. The van der Waals surface area contributed by atoms with Crippen LogP contribution >= 0.6 is 0 Å². The molecule has 0 N–H and O–H groups in total. The molecule has 2 rings (SSSR count). The first-order chi connectivity index (χ1) is 8.13. The van der Waals surface area contributed by atoms with Crippen molar-refractivity contribution < 1.29 is 4.79 Å². The highest BCUT2D eigenvalue weighted by Gasteiger charge is 2.40. The predicted octanol–water partition coefficient (Wildman–Crippen LogP) is 2.89. The van der Waals surface area contributed by atoms with E-state index in [0.717, 1.165) is 36.0 Å². The summed E-state index contributed by atoms with van der Waals surface area (Å²) < 4.78 is 0. The molecule has 1 aromatic carbocycles. The van der Waals surface area contributed by atoms with Crippen molar-refractivity contribution in [3.63, 3.8) is 0 Å². The zero-order valence-corrected chi connectivity index (χ0v) is 10.1. The van der Waals surface area contributed by atoms with Crippen molar-refractivity contribution in [3.05, 3.63) is 34.4 Å². The van der Waals surface area contributed by atoms with Gasteiger partial charge in [0, 0.05) is 0 Å². The van der Waals surface area contributed by atoms with Gasteiger partial charge in [0.05, 0.1) is 17.2 Å². The van der Waals surface area contributed by atoms with Crippen LogP contribution in [0.1, 0.15) is 41.5 Å². The number of benzene rings is 1. The van der Waals surface area contributed by atoms with Crippen LogP contribution in [0, 0.1) is 25.2 Å². The van der Waals surface area contributed by atoms with Gasteiger partial charge in [-0.1, -0.05) is 0 Å². The van der Waals surface area contributed by atoms with Gasteiger partial charge in [0.1, 0.15) is 0 Å². The Balaban J connectivity index is 2.62. The first-order valence-electron chi connectivity index (χ1n) is 5.74. The van der Waals surface area contributed by atoms with E-state index in [1.807, 2.05) is 26.0 Å². The minimum absolute atomic E-state index is 0.413. The van der Waals surface area contributed by atoms with Crippen molar-refractivity contribution in [1.82, 2.24) is 0 Å². The second kappa shape index (κ2) is 4.16. The molecule has 0 heterocycles. The third-order valence-electron chi connectivity index (χ3n) is 3.74. The summed E-state index contributed by atoms with van der Waals surface area (Å²) in [6, 6.07) is 5.89. The first kappa shape index (κ1) is 11.6. The summed E-state index contributed by atoms with van der Waals surface area (Å²) in [4.78, 5) is 14.6. The molecule has 17 heavy (non-hydrogen) atoms. The average Bonchev–Trinajstić information content (AvgIpc) is 2.27. The van der Waals surface area contributed by atoms with Crippen molar-refractivity contribution in [2.24, 2.45) is 4.99 Å². The van der Waals surface area contributed by atoms with Gasteiger partial charge in [0.15, 0.2) is 0 Å². The lowest BCUT2D eigenvalue weighted by Gasteiger charge is -2.38. The van der Waals surface area contributed by atoms with E-state index in [-0.39, 0.29) is 0 Å². The lowest BCUT2D eigenvalue weighted by atomic mass is 9.70. The van der Waals surface area contributed by atoms with E-state index in [0.29, 0.717) is 5.56 Å². The van der Waals surface area contributed by atoms with Gasteiger partial charge in [-0.15, -0.1) is 0 Å². The van der Waals surface area contributed by atoms with Crippen LogP contribution in [-0.2, 0) is 10.3 Å². The zero-order valence-electron chi connectivity index (χ0n) is 10.1. The predicted molar refractivity (Wildman–Crippen MR) is 64.3 cm³/mol. The highest BCUT2D eigenvalue weighted by molar-refractivity contribution is 5.49. The van der Waals surface area contributed by atoms with E-state index in [1.165, 1.54) is 0 Å². The average molecular weight is 226 g/mol. The molecule has 1 aromatic rings. The van der Waals surface area contributed by atoms with E-state index >= 15 is 0 Å². The Bertz CT molecular complexity index is 544. The molecule has 86 valence electrons. The smallest absolute Gasteiger partial charge is 0.211 e. The number of aryl methyl sites for hydroxylation is 1. The number of hydrogen-bond acceptors (Lipinski definition) is 3. The SMILES string of the molecule is Cc1cc(C#N)cc(C2(N=C=O)CCC2)c1C. The molecule has 1 aliphatic rings. The molecule has 0 bridgehead atoms. The van der Waals surface area contributed by atoms with Gasteiger partial charge < -0.3 is 0 Å². The molecule has 0 saturated heterocycles. The zero-order chi connectivity index (χ0) is 12.5. The highest BCUT2D eigenvalue weighted by atomic mass is 16.1. The molecular weight excluding hydrogens is 212 g/mol. The summed E-state index contributed by atoms with van der Waals surface area (Å²) >= 11 is 0. The van der Waals surface area contributed by atoms with E-state index < -0.39 is 5.54 Å². The first-order valence-corrected chi connectivity index (χ1v) is 5.74. The van der Waals surface area contributed by atoms with Crippen LogP contribution in [-0.4, -0.2) is 6.08 Å². The summed E-state index contributed by atoms with van der Waals surface area (Å²) in [6.45, 7) is 4.00. The summed E-state index contributed by atoms with van der Waals surface area (Å²) in [5, 5.41) is 9.01. The highest BCUT2D eigenvalue weighted by Crippen LogP contribution is 2.46. The van der Waals surface area contributed by atoms with E-state index in [2.05, 4.69) is 11.1 Å². The van der Waals surface area contributed by atoms with Crippen LogP contribution in [0.25, 0.3) is 0 Å². The third-order valence-corrected chi connectivity index (χ3v) is 3.74. The number of rotatable bonds is 2. The minimum atomic E-state index is -0.413. The lowest BCUT2D eigenvalue weighted by molar-refractivity contribution is 0.254. The number of hydrogen-bond donors (Lipinski definition) is 0.